The second-order valence-corrected chi connectivity index (χ2v) is 6.09. The third-order valence-electron chi connectivity index (χ3n) is 4.23. The molecule has 0 fully saturated rings. The fraction of sp³-hybridized carbons (Fsp3) is 0.238. The van der Waals surface area contributed by atoms with Crippen LogP contribution in [0.15, 0.2) is 54.7 Å². The van der Waals surface area contributed by atoms with Gasteiger partial charge in [0.15, 0.2) is 0 Å². The Morgan fingerprint density at radius 1 is 1.08 bits per heavy atom. The number of para-hydroxylation sites is 1. The Labute approximate surface area is 147 Å². The minimum atomic E-state index is -0.0464. The average Bonchev–Trinajstić information content (AvgIpc) is 2.63. The highest BCUT2D eigenvalue weighted by Gasteiger charge is 2.06. The molecule has 0 saturated heterocycles. The minimum absolute atomic E-state index is 0.0464. The predicted molar refractivity (Wildman–Crippen MR) is 100 cm³/mol. The Balaban J connectivity index is 1.48. The van der Waals surface area contributed by atoms with Crippen molar-refractivity contribution in [2.24, 2.45) is 0 Å². The number of fused-ring (bicyclic) bond motifs is 1. The Morgan fingerprint density at radius 3 is 2.76 bits per heavy atom. The number of hydrogen-bond donors (Lipinski definition) is 1. The van der Waals surface area contributed by atoms with E-state index in [-0.39, 0.29) is 5.91 Å². The Bertz CT molecular complexity index is 885. The average molecular weight is 334 g/mol. The molecule has 1 amide bonds. The number of carbonyl (C=O) groups is 1. The van der Waals surface area contributed by atoms with Crippen molar-refractivity contribution in [1.29, 1.82) is 0 Å². The molecule has 128 valence electrons. The SMILES string of the molecule is Cc1ccc(C(=O)NCCCOc2cccc3cccnc23)cc1C. The van der Waals surface area contributed by atoms with Gasteiger partial charge in [-0.2, -0.15) is 0 Å². The van der Waals surface area contributed by atoms with Crippen molar-refractivity contribution in [2.45, 2.75) is 20.3 Å². The van der Waals surface area contributed by atoms with Gasteiger partial charge in [-0.3, -0.25) is 9.78 Å². The molecule has 1 N–H and O–H groups in total. The molecule has 1 aromatic heterocycles. The van der Waals surface area contributed by atoms with Crippen molar-refractivity contribution in [2.75, 3.05) is 13.2 Å². The van der Waals surface area contributed by atoms with Crippen LogP contribution in [0.2, 0.25) is 0 Å². The number of hydrogen-bond acceptors (Lipinski definition) is 3. The van der Waals surface area contributed by atoms with Crippen LogP contribution in [0.5, 0.6) is 5.75 Å². The van der Waals surface area contributed by atoms with Crippen LogP contribution in [0.3, 0.4) is 0 Å². The fourth-order valence-corrected chi connectivity index (χ4v) is 2.63. The van der Waals surface area contributed by atoms with Crippen molar-refractivity contribution < 1.29 is 9.53 Å². The second kappa shape index (κ2) is 7.79. The number of nitrogens with one attached hydrogen (secondary N) is 1. The molecule has 0 aliphatic carbocycles. The zero-order valence-corrected chi connectivity index (χ0v) is 14.6. The number of aryl methyl sites for hydroxylation is 2. The van der Waals surface area contributed by atoms with Crippen LogP contribution >= 0.6 is 0 Å². The van der Waals surface area contributed by atoms with Crippen LogP contribution in [-0.2, 0) is 0 Å². The molecule has 0 saturated carbocycles. The molecule has 4 nitrogen and oxygen atoms in total. The highest BCUT2D eigenvalue weighted by molar-refractivity contribution is 5.94. The van der Waals surface area contributed by atoms with Crippen molar-refractivity contribution in [3.8, 4) is 5.75 Å². The van der Waals surface area contributed by atoms with Crippen LogP contribution in [0, 0.1) is 13.8 Å². The summed E-state index contributed by atoms with van der Waals surface area (Å²) in [5.41, 5.74) is 3.87. The van der Waals surface area contributed by atoms with Crippen molar-refractivity contribution in [3.05, 3.63) is 71.4 Å². The summed E-state index contributed by atoms with van der Waals surface area (Å²) in [7, 11) is 0. The van der Waals surface area contributed by atoms with Gasteiger partial charge in [0, 0.05) is 23.7 Å². The van der Waals surface area contributed by atoms with Gasteiger partial charge in [-0.1, -0.05) is 24.3 Å². The maximum absolute atomic E-state index is 12.2. The number of ether oxygens (including phenoxy) is 1. The molecule has 3 aromatic rings. The first-order chi connectivity index (χ1) is 12.1. The lowest BCUT2D eigenvalue weighted by molar-refractivity contribution is 0.0951. The number of aromatic nitrogens is 1. The topological polar surface area (TPSA) is 51.2 Å². The van der Waals surface area contributed by atoms with Gasteiger partial charge >= 0.3 is 0 Å². The zero-order chi connectivity index (χ0) is 17.6. The number of amides is 1. The van der Waals surface area contributed by atoms with Crippen LogP contribution in [-0.4, -0.2) is 24.0 Å². The van der Waals surface area contributed by atoms with Gasteiger partial charge in [0.2, 0.25) is 0 Å². The molecule has 3 rings (SSSR count). The highest BCUT2D eigenvalue weighted by Crippen LogP contribution is 2.22. The lowest BCUT2D eigenvalue weighted by Gasteiger charge is -2.10. The largest absolute Gasteiger partial charge is 0.491 e. The zero-order valence-electron chi connectivity index (χ0n) is 14.6. The number of carbonyl (C=O) groups excluding carboxylic acids is 1. The van der Waals surface area contributed by atoms with E-state index in [0.29, 0.717) is 18.7 Å². The Kier molecular flexibility index (Phi) is 5.29. The summed E-state index contributed by atoms with van der Waals surface area (Å²) in [4.78, 5) is 16.5. The molecule has 1 heterocycles. The molecular weight excluding hydrogens is 312 g/mol. The number of rotatable bonds is 6. The van der Waals surface area contributed by atoms with Gasteiger partial charge in [0.05, 0.1) is 6.61 Å². The third-order valence-corrected chi connectivity index (χ3v) is 4.23. The second-order valence-electron chi connectivity index (χ2n) is 6.09. The summed E-state index contributed by atoms with van der Waals surface area (Å²) < 4.78 is 5.83. The van der Waals surface area contributed by atoms with Gasteiger partial charge in [0.1, 0.15) is 11.3 Å². The smallest absolute Gasteiger partial charge is 0.251 e. The monoisotopic (exact) mass is 334 g/mol. The number of pyridine rings is 1. The standard InChI is InChI=1S/C21H22N2O2/c1-15-9-10-18(14-16(15)2)21(24)23-12-5-13-25-19-8-3-6-17-7-4-11-22-20(17)19/h3-4,6-11,14H,5,12-13H2,1-2H3,(H,23,24). The fourth-order valence-electron chi connectivity index (χ4n) is 2.63. The molecule has 4 heteroatoms. The molecule has 0 bridgehead atoms. The summed E-state index contributed by atoms with van der Waals surface area (Å²) in [5, 5.41) is 3.99. The lowest BCUT2D eigenvalue weighted by atomic mass is 10.1. The van der Waals surface area contributed by atoms with E-state index >= 15 is 0 Å². The van der Waals surface area contributed by atoms with Crippen LogP contribution < -0.4 is 10.1 Å². The lowest BCUT2D eigenvalue weighted by Crippen LogP contribution is -2.25. The maximum atomic E-state index is 12.2. The van der Waals surface area contributed by atoms with Gasteiger partial charge in [-0.05, 0) is 55.7 Å². The van der Waals surface area contributed by atoms with E-state index in [2.05, 4.69) is 10.3 Å². The quantitative estimate of drug-likeness (QED) is 0.692. The number of benzene rings is 2. The molecular formula is C21H22N2O2. The summed E-state index contributed by atoms with van der Waals surface area (Å²) in [6, 6.07) is 15.6. The molecule has 2 aromatic carbocycles. The molecule has 0 aliphatic heterocycles. The van der Waals surface area contributed by atoms with E-state index in [1.807, 2.05) is 62.4 Å². The van der Waals surface area contributed by atoms with E-state index in [9.17, 15) is 4.79 Å². The van der Waals surface area contributed by atoms with Gasteiger partial charge < -0.3 is 10.1 Å². The molecule has 0 radical (unpaired) electrons. The first kappa shape index (κ1) is 17.0. The third kappa shape index (κ3) is 4.15. The molecule has 25 heavy (non-hydrogen) atoms. The molecule has 0 spiro atoms. The van der Waals surface area contributed by atoms with Crippen LogP contribution in [0.4, 0.5) is 0 Å². The van der Waals surface area contributed by atoms with Gasteiger partial charge in [0.25, 0.3) is 5.91 Å². The Morgan fingerprint density at radius 2 is 1.92 bits per heavy atom. The van der Waals surface area contributed by atoms with Gasteiger partial charge in [-0.15, -0.1) is 0 Å². The van der Waals surface area contributed by atoms with E-state index in [1.54, 1.807) is 6.20 Å². The van der Waals surface area contributed by atoms with Crippen LogP contribution in [0.25, 0.3) is 10.9 Å². The van der Waals surface area contributed by atoms with Crippen LogP contribution in [0.1, 0.15) is 27.9 Å². The Hall–Kier alpha value is -2.88. The summed E-state index contributed by atoms with van der Waals surface area (Å²) in [6.45, 7) is 5.15. The van der Waals surface area contributed by atoms with E-state index in [0.717, 1.165) is 28.6 Å². The predicted octanol–water partition coefficient (Wildman–Crippen LogP) is 4.05. The van der Waals surface area contributed by atoms with Crippen molar-refractivity contribution in [3.63, 3.8) is 0 Å². The summed E-state index contributed by atoms with van der Waals surface area (Å²) in [6.07, 6.45) is 2.50. The van der Waals surface area contributed by atoms with E-state index in [1.165, 1.54) is 5.56 Å². The first-order valence-electron chi connectivity index (χ1n) is 8.47. The van der Waals surface area contributed by atoms with E-state index < -0.39 is 0 Å². The van der Waals surface area contributed by atoms with Crippen molar-refractivity contribution in [1.82, 2.24) is 10.3 Å². The summed E-state index contributed by atoms with van der Waals surface area (Å²) >= 11 is 0. The number of nitrogens with zero attached hydrogens (tertiary/aromatic N) is 1. The minimum Gasteiger partial charge on any atom is -0.491 e. The van der Waals surface area contributed by atoms with Gasteiger partial charge in [-0.25, -0.2) is 0 Å². The highest BCUT2D eigenvalue weighted by atomic mass is 16.5. The maximum Gasteiger partial charge on any atom is 0.251 e. The summed E-state index contributed by atoms with van der Waals surface area (Å²) in [5.74, 6) is 0.730. The first-order valence-corrected chi connectivity index (χ1v) is 8.47. The molecule has 0 aliphatic rings. The normalized spacial score (nSPS) is 10.6. The van der Waals surface area contributed by atoms with E-state index in [4.69, 9.17) is 4.74 Å². The van der Waals surface area contributed by atoms with Crippen molar-refractivity contribution >= 4 is 16.8 Å². The molecule has 0 unspecified atom stereocenters. The molecule has 0 atom stereocenters.